The van der Waals surface area contributed by atoms with E-state index in [1.807, 2.05) is 6.07 Å². The molecular formula is C13H20O. The van der Waals surface area contributed by atoms with E-state index in [1.165, 1.54) is 5.56 Å². The molecule has 1 atom stereocenters. The van der Waals surface area contributed by atoms with Crippen LogP contribution < -0.4 is 0 Å². The summed E-state index contributed by atoms with van der Waals surface area (Å²) in [5.74, 6) is 0. The third kappa shape index (κ3) is 2.58. The Bertz CT molecular complexity index is 247. The standard InChI is InChI=1S/C13H20O/c1-3-9-13(2,10-11-14)12-7-5-4-6-8-12/h4-8,14H,3,9-11H2,1-2H3. The van der Waals surface area contributed by atoms with Gasteiger partial charge in [0.1, 0.15) is 0 Å². The molecule has 0 saturated heterocycles. The summed E-state index contributed by atoms with van der Waals surface area (Å²) in [4.78, 5) is 0. The molecular weight excluding hydrogens is 172 g/mol. The Balaban J connectivity index is 2.87. The van der Waals surface area contributed by atoms with Crippen LogP contribution in [-0.2, 0) is 5.41 Å². The third-order valence-corrected chi connectivity index (χ3v) is 2.94. The molecule has 0 radical (unpaired) electrons. The number of hydrogen-bond acceptors (Lipinski definition) is 1. The molecule has 0 aliphatic rings. The van der Waals surface area contributed by atoms with E-state index >= 15 is 0 Å². The molecule has 0 amide bonds. The number of rotatable bonds is 5. The van der Waals surface area contributed by atoms with Crippen LogP contribution in [0.15, 0.2) is 30.3 Å². The van der Waals surface area contributed by atoms with Crippen LogP contribution in [0.4, 0.5) is 0 Å². The van der Waals surface area contributed by atoms with Crippen LogP contribution >= 0.6 is 0 Å². The minimum Gasteiger partial charge on any atom is -0.396 e. The Morgan fingerprint density at radius 1 is 1.14 bits per heavy atom. The second-order valence-corrected chi connectivity index (χ2v) is 4.15. The van der Waals surface area contributed by atoms with Crippen molar-refractivity contribution in [1.82, 2.24) is 0 Å². The summed E-state index contributed by atoms with van der Waals surface area (Å²) in [5, 5.41) is 9.09. The van der Waals surface area contributed by atoms with Gasteiger partial charge in [0.25, 0.3) is 0 Å². The third-order valence-electron chi connectivity index (χ3n) is 2.94. The van der Waals surface area contributed by atoms with E-state index in [0.29, 0.717) is 0 Å². The fourth-order valence-corrected chi connectivity index (χ4v) is 2.05. The molecule has 0 aliphatic heterocycles. The molecule has 1 heteroatoms. The average Bonchev–Trinajstić information content (AvgIpc) is 2.20. The average molecular weight is 192 g/mol. The molecule has 0 aromatic heterocycles. The van der Waals surface area contributed by atoms with Crippen molar-refractivity contribution in [3.05, 3.63) is 35.9 Å². The molecule has 14 heavy (non-hydrogen) atoms. The zero-order valence-corrected chi connectivity index (χ0v) is 9.16. The lowest BCUT2D eigenvalue weighted by molar-refractivity contribution is 0.237. The van der Waals surface area contributed by atoms with Gasteiger partial charge < -0.3 is 5.11 Å². The van der Waals surface area contributed by atoms with Crippen molar-refractivity contribution in [1.29, 1.82) is 0 Å². The van der Waals surface area contributed by atoms with Crippen molar-refractivity contribution in [2.24, 2.45) is 0 Å². The van der Waals surface area contributed by atoms with Gasteiger partial charge in [-0.3, -0.25) is 0 Å². The largest absolute Gasteiger partial charge is 0.396 e. The lowest BCUT2D eigenvalue weighted by Gasteiger charge is -2.29. The molecule has 0 aliphatic carbocycles. The Morgan fingerprint density at radius 2 is 1.79 bits per heavy atom. The monoisotopic (exact) mass is 192 g/mol. The smallest absolute Gasteiger partial charge is 0.0439 e. The topological polar surface area (TPSA) is 20.2 Å². The minimum absolute atomic E-state index is 0.144. The highest BCUT2D eigenvalue weighted by Gasteiger charge is 2.24. The summed E-state index contributed by atoms with van der Waals surface area (Å²) in [6, 6.07) is 10.5. The molecule has 1 unspecified atom stereocenters. The van der Waals surface area contributed by atoms with E-state index in [0.717, 1.165) is 19.3 Å². The van der Waals surface area contributed by atoms with Gasteiger partial charge in [-0.1, -0.05) is 50.6 Å². The summed E-state index contributed by atoms with van der Waals surface area (Å²) in [6.07, 6.45) is 3.15. The van der Waals surface area contributed by atoms with Gasteiger partial charge in [0.05, 0.1) is 0 Å². The highest BCUT2D eigenvalue weighted by molar-refractivity contribution is 5.24. The summed E-state index contributed by atoms with van der Waals surface area (Å²) < 4.78 is 0. The van der Waals surface area contributed by atoms with Crippen LogP contribution in [0.25, 0.3) is 0 Å². The first-order chi connectivity index (χ1) is 6.73. The molecule has 0 bridgehead atoms. The maximum Gasteiger partial charge on any atom is 0.0439 e. The molecule has 1 nitrogen and oxygen atoms in total. The number of benzene rings is 1. The number of aliphatic hydroxyl groups excluding tert-OH is 1. The Morgan fingerprint density at radius 3 is 2.29 bits per heavy atom. The molecule has 0 spiro atoms. The molecule has 1 N–H and O–H groups in total. The van der Waals surface area contributed by atoms with Gasteiger partial charge in [-0.2, -0.15) is 0 Å². The van der Waals surface area contributed by atoms with Gasteiger partial charge in [0, 0.05) is 6.61 Å². The van der Waals surface area contributed by atoms with Crippen LogP contribution in [0, 0.1) is 0 Å². The number of aliphatic hydroxyl groups is 1. The SMILES string of the molecule is CCCC(C)(CCO)c1ccccc1. The Kier molecular flexibility index (Phi) is 4.15. The molecule has 78 valence electrons. The van der Waals surface area contributed by atoms with Gasteiger partial charge in [-0.25, -0.2) is 0 Å². The fourth-order valence-electron chi connectivity index (χ4n) is 2.05. The van der Waals surface area contributed by atoms with Crippen LogP contribution in [0.5, 0.6) is 0 Å². The van der Waals surface area contributed by atoms with Crippen molar-refractivity contribution in [2.45, 2.75) is 38.5 Å². The van der Waals surface area contributed by atoms with Crippen molar-refractivity contribution < 1.29 is 5.11 Å². The Hall–Kier alpha value is -0.820. The van der Waals surface area contributed by atoms with Crippen LogP contribution in [-0.4, -0.2) is 11.7 Å². The normalized spacial score (nSPS) is 15.1. The first-order valence-corrected chi connectivity index (χ1v) is 5.39. The molecule has 0 heterocycles. The first-order valence-electron chi connectivity index (χ1n) is 5.39. The zero-order valence-electron chi connectivity index (χ0n) is 9.16. The highest BCUT2D eigenvalue weighted by atomic mass is 16.3. The van der Waals surface area contributed by atoms with E-state index in [-0.39, 0.29) is 12.0 Å². The van der Waals surface area contributed by atoms with E-state index in [1.54, 1.807) is 0 Å². The summed E-state index contributed by atoms with van der Waals surface area (Å²) in [5.41, 5.74) is 1.49. The van der Waals surface area contributed by atoms with E-state index in [9.17, 15) is 0 Å². The summed E-state index contributed by atoms with van der Waals surface area (Å²) in [7, 11) is 0. The second-order valence-electron chi connectivity index (χ2n) is 4.15. The molecule has 1 rings (SSSR count). The van der Waals surface area contributed by atoms with Crippen molar-refractivity contribution >= 4 is 0 Å². The first kappa shape index (κ1) is 11.3. The van der Waals surface area contributed by atoms with Crippen molar-refractivity contribution in [3.63, 3.8) is 0 Å². The number of hydrogen-bond donors (Lipinski definition) is 1. The predicted molar refractivity (Wildman–Crippen MR) is 60.4 cm³/mol. The fraction of sp³-hybridized carbons (Fsp3) is 0.538. The Labute approximate surface area is 86.8 Å². The lowest BCUT2D eigenvalue weighted by Crippen LogP contribution is -2.23. The lowest BCUT2D eigenvalue weighted by atomic mass is 9.76. The summed E-state index contributed by atoms with van der Waals surface area (Å²) >= 11 is 0. The van der Waals surface area contributed by atoms with Crippen LogP contribution in [0.3, 0.4) is 0 Å². The van der Waals surface area contributed by atoms with Crippen LogP contribution in [0.2, 0.25) is 0 Å². The molecule has 1 aromatic carbocycles. The van der Waals surface area contributed by atoms with E-state index < -0.39 is 0 Å². The van der Waals surface area contributed by atoms with E-state index in [2.05, 4.69) is 38.1 Å². The molecule has 0 fully saturated rings. The predicted octanol–water partition coefficient (Wildman–Crippen LogP) is 3.13. The van der Waals surface area contributed by atoms with Gasteiger partial charge in [0.15, 0.2) is 0 Å². The molecule has 1 aromatic rings. The quantitative estimate of drug-likeness (QED) is 0.760. The van der Waals surface area contributed by atoms with Gasteiger partial charge in [-0.05, 0) is 23.8 Å². The molecule has 0 saturated carbocycles. The van der Waals surface area contributed by atoms with Gasteiger partial charge >= 0.3 is 0 Å². The maximum absolute atomic E-state index is 9.09. The highest BCUT2D eigenvalue weighted by Crippen LogP contribution is 2.31. The second kappa shape index (κ2) is 5.16. The van der Waals surface area contributed by atoms with Crippen molar-refractivity contribution in [3.8, 4) is 0 Å². The van der Waals surface area contributed by atoms with Crippen molar-refractivity contribution in [2.75, 3.05) is 6.61 Å². The maximum atomic E-state index is 9.09. The van der Waals surface area contributed by atoms with Gasteiger partial charge in [-0.15, -0.1) is 0 Å². The van der Waals surface area contributed by atoms with Crippen LogP contribution in [0.1, 0.15) is 38.7 Å². The minimum atomic E-state index is 0.144. The van der Waals surface area contributed by atoms with E-state index in [4.69, 9.17) is 5.11 Å². The summed E-state index contributed by atoms with van der Waals surface area (Å²) in [6.45, 7) is 4.70. The van der Waals surface area contributed by atoms with Gasteiger partial charge in [0.2, 0.25) is 0 Å². The zero-order chi connectivity index (χ0) is 10.4.